The number of nitriles is 1. The molecule has 0 atom stereocenters. The number of ether oxygens (including phenoxy) is 2. The highest BCUT2D eigenvalue weighted by Crippen LogP contribution is 2.12. The molecule has 0 aliphatic carbocycles. The topological polar surface area (TPSA) is 100 Å². The molecule has 2 N–H and O–H groups in total. The Balaban J connectivity index is 2.69. The standard InChI is InChI=1S/C18H23N3O4/c1-4-24-17(25-5-2)12-20-11-15(10-19)18(23)21-16-8-6-7-14(9-16)13(3)22/h6-9,11,17,20H,4-5,12H2,1-3H3,(H,21,23)/b15-11-. The highest BCUT2D eigenvalue weighted by molar-refractivity contribution is 6.07. The third-order valence-electron chi connectivity index (χ3n) is 3.13. The van der Waals surface area contributed by atoms with Gasteiger partial charge >= 0.3 is 0 Å². The molecular formula is C18H23N3O4. The molecule has 1 aromatic carbocycles. The van der Waals surface area contributed by atoms with Gasteiger partial charge in [0, 0.05) is 30.7 Å². The Morgan fingerprint density at radius 2 is 1.96 bits per heavy atom. The van der Waals surface area contributed by atoms with E-state index in [9.17, 15) is 9.59 Å². The van der Waals surface area contributed by atoms with E-state index in [0.717, 1.165) is 0 Å². The van der Waals surface area contributed by atoms with Crippen LogP contribution in [0.1, 0.15) is 31.1 Å². The summed E-state index contributed by atoms with van der Waals surface area (Å²) in [6, 6.07) is 8.36. The number of Topliss-reactive ketones (excluding diaryl/α,β-unsaturated/α-hetero) is 1. The average Bonchev–Trinajstić information content (AvgIpc) is 2.59. The fourth-order valence-corrected chi connectivity index (χ4v) is 1.96. The number of nitrogens with zero attached hydrogens (tertiary/aromatic N) is 1. The van der Waals surface area contributed by atoms with Gasteiger partial charge in [-0.05, 0) is 32.9 Å². The first kappa shape index (κ1) is 20.4. The number of nitrogens with one attached hydrogen (secondary N) is 2. The molecule has 1 aromatic rings. The Morgan fingerprint density at radius 3 is 2.52 bits per heavy atom. The van der Waals surface area contributed by atoms with Gasteiger partial charge in [-0.1, -0.05) is 12.1 Å². The van der Waals surface area contributed by atoms with Gasteiger partial charge in [-0.15, -0.1) is 0 Å². The van der Waals surface area contributed by atoms with Gasteiger partial charge in [0.05, 0.1) is 6.54 Å². The predicted molar refractivity (Wildman–Crippen MR) is 93.8 cm³/mol. The van der Waals surface area contributed by atoms with Gasteiger partial charge in [0.25, 0.3) is 5.91 Å². The van der Waals surface area contributed by atoms with Crippen molar-refractivity contribution in [1.82, 2.24) is 5.32 Å². The summed E-state index contributed by atoms with van der Waals surface area (Å²) < 4.78 is 10.7. The smallest absolute Gasteiger partial charge is 0.267 e. The molecule has 0 heterocycles. The summed E-state index contributed by atoms with van der Waals surface area (Å²) in [4.78, 5) is 23.5. The van der Waals surface area contributed by atoms with Crippen LogP contribution in [-0.2, 0) is 14.3 Å². The highest BCUT2D eigenvalue weighted by Gasteiger charge is 2.11. The summed E-state index contributed by atoms with van der Waals surface area (Å²) in [5.74, 6) is -0.674. The molecule has 134 valence electrons. The Hall–Kier alpha value is -2.69. The Bertz CT molecular complexity index is 659. The second-order valence-corrected chi connectivity index (χ2v) is 5.01. The van der Waals surface area contributed by atoms with Gasteiger partial charge in [0.2, 0.25) is 0 Å². The lowest BCUT2D eigenvalue weighted by Gasteiger charge is -2.16. The van der Waals surface area contributed by atoms with Crippen molar-refractivity contribution in [3.05, 3.63) is 41.6 Å². The third kappa shape index (κ3) is 7.16. The van der Waals surface area contributed by atoms with E-state index in [1.54, 1.807) is 24.3 Å². The van der Waals surface area contributed by atoms with Crippen molar-refractivity contribution in [1.29, 1.82) is 5.26 Å². The van der Waals surface area contributed by atoms with Crippen LogP contribution in [-0.4, -0.2) is 37.7 Å². The lowest BCUT2D eigenvalue weighted by atomic mass is 10.1. The SMILES string of the molecule is CCOC(CN/C=C(/C#N)C(=O)Nc1cccc(C(C)=O)c1)OCC. The molecule has 0 unspecified atom stereocenters. The summed E-state index contributed by atoms with van der Waals surface area (Å²) in [5.41, 5.74) is 0.829. The van der Waals surface area contributed by atoms with Crippen LogP contribution in [0.25, 0.3) is 0 Å². The van der Waals surface area contributed by atoms with Crippen molar-refractivity contribution < 1.29 is 19.1 Å². The van der Waals surface area contributed by atoms with E-state index in [4.69, 9.17) is 14.7 Å². The maximum absolute atomic E-state index is 12.2. The van der Waals surface area contributed by atoms with Crippen LogP contribution < -0.4 is 10.6 Å². The summed E-state index contributed by atoms with van der Waals surface area (Å²) in [6.45, 7) is 6.44. The van der Waals surface area contributed by atoms with E-state index in [1.807, 2.05) is 19.9 Å². The van der Waals surface area contributed by atoms with Crippen LogP contribution in [0.2, 0.25) is 0 Å². The maximum Gasteiger partial charge on any atom is 0.267 e. The number of carbonyl (C=O) groups is 2. The number of anilines is 1. The number of ketones is 1. The second kappa shape index (κ2) is 11.0. The van der Waals surface area contributed by atoms with E-state index in [-0.39, 0.29) is 11.4 Å². The predicted octanol–water partition coefficient (Wildman–Crippen LogP) is 2.22. The first-order valence-corrected chi connectivity index (χ1v) is 8.01. The van der Waals surface area contributed by atoms with E-state index in [2.05, 4.69) is 10.6 Å². The third-order valence-corrected chi connectivity index (χ3v) is 3.13. The van der Waals surface area contributed by atoms with Crippen LogP contribution >= 0.6 is 0 Å². The lowest BCUT2D eigenvalue weighted by Crippen LogP contribution is -2.29. The van der Waals surface area contributed by atoms with Crippen LogP contribution in [0.5, 0.6) is 0 Å². The molecule has 1 amide bonds. The van der Waals surface area contributed by atoms with Crippen molar-refractivity contribution in [2.24, 2.45) is 0 Å². The summed E-state index contributed by atoms with van der Waals surface area (Å²) >= 11 is 0. The zero-order chi connectivity index (χ0) is 18.7. The number of rotatable bonds is 10. The van der Waals surface area contributed by atoms with E-state index in [0.29, 0.717) is 31.0 Å². The Kier molecular flexibility index (Phi) is 8.93. The molecule has 7 nitrogen and oxygen atoms in total. The van der Waals surface area contributed by atoms with Crippen LogP contribution in [0.15, 0.2) is 36.0 Å². The Morgan fingerprint density at radius 1 is 1.28 bits per heavy atom. The van der Waals surface area contributed by atoms with Gasteiger partial charge in [0.1, 0.15) is 11.6 Å². The van der Waals surface area contributed by atoms with E-state index in [1.165, 1.54) is 13.1 Å². The molecule has 0 aliphatic heterocycles. The van der Waals surface area contributed by atoms with Crippen LogP contribution in [0.4, 0.5) is 5.69 Å². The quantitative estimate of drug-likeness (QED) is 0.292. The van der Waals surface area contributed by atoms with Crippen molar-refractivity contribution in [3.8, 4) is 6.07 Å². The fourth-order valence-electron chi connectivity index (χ4n) is 1.96. The monoisotopic (exact) mass is 345 g/mol. The number of carbonyl (C=O) groups excluding carboxylic acids is 2. The van der Waals surface area contributed by atoms with Crippen LogP contribution in [0, 0.1) is 11.3 Å². The molecule has 0 saturated heterocycles. The van der Waals surface area contributed by atoms with Crippen molar-refractivity contribution >= 4 is 17.4 Å². The highest BCUT2D eigenvalue weighted by atomic mass is 16.7. The Labute approximate surface area is 147 Å². The molecule has 0 fully saturated rings. The first-order chi connectivity index (χ1) is 12.0. The largest absolute Gasteiger partial charge is 0.385 e. The molecule has 7 heteroatoms. The molecule has 0 radical (unpaired) electrons. The summed E-state index contributed by atoms with van der Waals surface area (Å²) in [7, 11) is 0. The zero-order valence-electron chi connectivity index (χ0n) is 14.7. The van der Waals surface area contributed by atoms with Gasteiger partial charge in [-0.25, -0.2) is 0 Å². The van der Waals surface area contributed by atoms with E-state index < -0.39 is 12.2 Å². The van der Waals surface area contributed by atoms with Crippen LogP contribution in [0.3, 0.4) is 0 Å². The maximum atomic E-state index is 12.2. The molecule has 1 rings (SSSR count). The second-order valence-electron chi connectivity index (χ2n) is 5.01. The summed E-state index contributed by atoms with van der Waals surface area (Å²) in [5, 5.41) is 14.6. The molecule has 0 bridgehead atoms. The van der Waals surface area contributed by atoms with Gasteiger partial charge in [-0.2, -0.15) is 5.26 Å². The van der Waals surface area contributed by atoms with Gasteiger partial charge < -0.3 is 20.1 Å². The normalized spacial score (nSPS) is 11.1. The van der Waals surface area contributed by atoms with Gasteiger partial charge in [-0.3, -0.25) is 9.59 Å². The molecule has 0 aromatic heterocycles. The van der Waals surface area contributed by atoms with Crippen molar-refractivity contribution in [2.45, 2.75) is 27.1 Å². The van der Waals surface area contributed by atoms with Crippen molar-refractivity contribution in [3.63, 3.8) is 0 Å². The lowest BCUT2D eigenvalue weighted by molar-refractivity contribution is -0.131. The fraction of sp³-hybridized carbons (Fsp3) is 0.389. The first-order valence-electron chi connectivity index (χ1n) is 8.01. The minimum absolute atomic E-state index is 0.0972. The minimum atomic E-state index is -0.569. The molecule has 0 aliphatic rings. The molecule has 0 saturated carbocycles. The van der Waals surface area contributed by atoms with E-state index >= 15 is 0 Å². The zero-order valence-corrected chi connectivity index (χ0v) is 14.7. The number of amides is 1. The van der Waals surface area contributed by atoms with Gasteiger partial charge in [0.15, 0.2) is 12.1 Å². The molecule has 0 spiro atoms. The summed E-state index contributed by atoms with van der Waals surface area (Å²) in [6.07, 6.45) is 0.858. The number of benzene rings is 1. The van der Waals surface area contributed by atoms with Crippen molar-refractivity contribution in [2.75, 3.05) is 25.1 Å². The average molecular weight is 345 g/mol. The number of hydrogen-bond acceptors (Lipinski definition) is 6. The molecule has 25 heavy (non-hydrogen) atoms. The number of hydrogen-bond donors (Lipinski definition) is 2. The molecular weight excluding hydrogens is 322 g/mol. The minimum Gasteiger partial charge on any atom is -0.385 e.